The third kappa shape index (κ3) is 4.91. The van der Waals surface area contributed by atoms with Crippen molar-refractivity contribution >= 4 is 17.5 Å². The standard InChI is InChI=1S/C24H19F3N2O3/c25-24(26,27)32-20-12-10-19(11-13-20)28-22(30)21-14-17-8-4-5-9-18(17)15-29(21)23(31)16-6-2-1-3-7-16/h1-13,21H,14-15H2,(H,28,30)/t21-/m0/s1. The van der Waals surface area contributed by atoms with E-state index in [4.69, 9.17) is 0 Å². The van der Waals surface area contributed by atoms with Crippen molar-refractivity contribution in [3.05, 3.63) is 95.6 Å². The molecule has 0 bridgehead atoms. The fraction of sp³-hybridized carbons (Fsp3) is 0.167. The number of hydrogen-bond acceptors (Lipinski definition) is 3. The Bertz CT molecular complexity index is 1120. The van der Waals surface area contributed by atoms with Gasteiger partial charge in [0.15, 0.2) is 0 Å². The number of carbonyl (C=O) groups is 2. The van der Waals surface area contributed by atoms with Gasteiger partial charge in [-0.2, -0.15) is 0 Å². The van der Waals surface area contributed by atoms with Gasteiger partial charge in [0.05, 0.1) is 0 Å². The van der Waals surface area contributed by atoms with E-state index in [1.165, 1.54) is 17.0 Å². The molecule has 5 nitrogen and oxygen atoms in total. The molecule has 164 valence electrons. The minimum atomic E-state index is -4.79. The molecule has 0 aliphatic carbocycles. The quantitative estimate of drug-likeness (QED) is 0.635. The number of nitrogens with one attached hydrogen (secondary N) is 1. The predicted molar refractivity (Wildman–Crippen MR) is 112 cm³/mol. The molecule has 1 aliphatic heterocycles. The fourth-order valence-corrected chi connectivity index (χ4v) is 3.68. The lowest BCUT2D eigenvalue weighted by atomic mass is 9.92. The van der Waals surface area contributed by atoms with Gasteiger partial charge in [-0.1, -0.05) is 42.5 Å². The molecule has 4 rings (SSSR count). The number of alkyl halides is 3. The van der Waals surface area contributed by atoms with E-state index in [1.54, 1.807) is 30.3 Å². The van der Waals surface area contributed by atoms with Crippen LogP contribution in [0.15, 0.2) is 78.9 Å². The summed E-state index contributed by atoms with van der Waals surface area (Å²) in [5, 5.41) is 2.70. The van der Waals surface area contributed by atoms with Crippen LogP contribution >= 0.6 is 0 Å². The van der Waals surface area contributed by atoms with E-state index in [9.17, 15) is 22.8 Å². The zero-order valence-electron chi connectivity index (χ0n) is 16.8. The van der Waals surface area contributed by atoms with Crippen LogP contribution in [0.2, 0.25) is 0 Å². The van der Waals surface area contributed by atoms with E-state index in [1.807, 2.05) is 24.3 Å². The largest absolute Gasteiger partial charge is 0.573 e. The maximum atomic E-state index is 13.2. The lowest BCUT2D eigenvalue weighted by Crippen LogP contribution is -2.50. The Morgan fingerprint density at radius 2 is 1.50 bits per heavy atom. The Hall–Kier alpha value is -3.81. The molecule has 3 aromatic rings. The Morgan fingerprint density at radius 1 is 0.875 bits per heavy atom. The zero-order chi connectivity index (χ0) is 22.7. The minimum absolute atomic E-state index is 0.269. The van der Waals surface area contributed by atoms with E-state index in [-0.39, 0.29) is 18.2 Å². The molecule has 1 atom stereocenters. The number of anilines is 1. The van der Waals surface area contributed by atoms with Gasteiger partial charge in [-0.25, -0.2) is 0 Å². The molecule has 1 aliphatic rings. The summed E-state index contributed by atoms with van der Waals surface area (Å²) in [6.07, 6.45) is -4.46. The Kier molecular flexibility index (Phi) is 5.85. The summed E-state index contributed by atoms with van der Waals surface area (Å²) in [5.41, 5.74) is 2.71. The van der Waals surface area contributed by atoms with Gasteiger partial charge in [0.2, 0.25) is 5.91 Å². The molecule has 1 N–H and O–H groups in total. The van der Waals surface area contributed by atoms with Gasteiger partial charge in [0.1, 0.15) is 11.8 Å². The minimum Gasteiger partial charge on any atom is -0.406 e. The van der Waals surface area contributed by atoms with Crippen LogP contribution < -0.4 is 10.1 Å². The van der Waals surface area contributed by atoms with Gasteiger partial charge < -0.3 is 15.0 Å². The van der Waals surface area contributed by atoms with Gasteiger partial charge in [0, 0.05) is 24.2 Å². The first-order valence-electron chi connectivity index (χ1n) is 9.89. The first-order chi connectivity index (χ1) is 15.3. The highest BCUT2D eigenvalue weighted by atomic mass is 19.4. The smallest absolute Gasteiger partial charge is 0.406 e. The van der Waals surface area contributed by atoms with E-state index in [2.05, 4.69) is 10.1 Å². The number of halogens is 3. The van der Waals surface area contributed by atoms with E-state index in [0.717, 1.165) is 23.3 Å². The first-order valence-corrected chi connectivity index (χ1v) is 9.89. The highest BCUT2D eigenvalue weighted by Crippen LogP contribution is 2.27. The average molecular weight is 440 g/mol. The van der Waals surface area contributed by atoms with Gasteiger partial charge in [-0.05, 0) is 47.5 Å². The molecule has 0 saturated carbocycles. The number of ether oxygens (including phenoxy) is 1. The van der Waals surface area contributed by atoms with Crippen LogP contribution in [0.25, 0.3) is 0 Å². The third-order valence-corrected chi connectivity index (χ3v) is 5.19. The van der Waals surface area contributed by atoms with Gasteiger partial charge in [0.25, 0.3) is 5.91 Å². The normalized spacial score (nSPS) is 15.6. The van der Waals surface area contributed by atoms with Gasteiger partial charge in [-0.3, -0.25) is 9.59 Å². The van der Waals surface area contributed by atoms with Crippen LogP contribution in [-0.2, 0) is 17.8 Å². The van der Waals surface area contributed by atoms with E-state index < -0.39 is 18.3 Å². The summed E-state index contributed by atoms with van der Waals surface area (Å²) >= 11 is 0. The summed E-state index contributed by atoms with van der Waals surface area (Å²) < 4.78 is 40.9. The molecule has 0 spiro atoms. The number of amides is 2. The lowest BCUT2D eigenvalue weighted by molar-refractivity contribution is -0.274. The number of nitrogens with zero attached hydrogens (tertiary/aromatic N) is 1. The second-order valence-corrected chi connectivity index (χ2v) is 7.35. The van der Waals surface area contributed by atoms with Crippen LogP contribution in [-0.4, -0.2) is 29.1 Å². The maximum absolute atomic E-state index is 13.2. The maximum Gasteiger partial charge on any atom is 0.573 e. The molecule has 1 heterocycles. The SMILES string of the molecule is O=C(Nc1ccc(OC(F)(F)F)cc1)[C@@H]1Cc2ccccc2CN1C(=O)c1ccccc1. The first kappa shape index (κ1) is 21.4. The zero-order valence-corrected chi connectivity index (χ0v) is 16.8. The second kappa shape index (κ2) is 8.74. The Labute approximate surface area is 182 Å². The van der Waals surface area contributed by atoms with Crippen LogP contribution in [0, 0.1) is 0 Å². The Balaban J connectivity index is 1.56. The topological polar surface area (TPSA) is 58.6 Å². The van der Waals surface area contributed by atoms with Crippen LogP contribution in [0.4, 0.5) is 18.9 Å². The number of fused-ring (bicyclic) bond motifs is 1. The van der Waals surface area contributed by atoms with Gasteiger partial charge >= 0.3 is 6.36 Å². The van der Waals surface area contributed by atoms with Crippen molar-refractivity contribution in [2.24, 2.45) is 0 Å². The number of rotatable bonds is 4. The number of carbonyl (C=O) groups excluding carboxylic acids is 2. The summed E-state index contributed by atoms with van der Waals surface area (Å²) in [4.78, 5) is 27.8. The van der Waals surface area contributed by atoms with Gasteiger partial charge in [-0.15, -0.1) is 13.2 Å². The van der Waals surface area contributed by atoms with E-state index >= 15 is 0 Å². The molecule has 0 unspecified atom stereocenters. The molecular formula is C24H19F3N2O3. The predicted octanol–water partition coefficient (Wildman–Crippen LogP) is 4.79. The molecule has 2 amide bonds. The van der Waals surface area contributed by atoms with Crippen molar-refractivity contribution in [2.75, 3.05) is 5.32 Å². The monoisotopic (exact) mass is 440 g/mol. The molecule has 0 aromatic heterocycles. The molecule has 0 fully saturated rings. The summed E-state index contributed by atoms with van der Waals surface area (Å²) in [7, 11) is 0. The number of benzene rings is 3. The third-order valence-electron chi connectivity index (χ3n) is 5.19. The van der Waals surface area contributed by atoms with Crippen molar-refractivity contribution in [3.8, 4) is 5.75 Å². The second-order valence-electron chi connectivity index (χ2n) is 7.35. The van der Waals surface area contributed by atoms with Crippen LogP contribution in [0.1, 0.15) is 21.5 Å². The van der Waals surface area contributed by atoms with Crippen molar-refractivity contribution in [3.63, 3.8) is 0 Å². The summed E-state index contributed by atoms with van der Waals surface area (Å²) in [6, 6.07) is 20.4. The fourth-order valence-electron chi connectivity index (χ4n) is 3.68. The highest BCUT2D eigenvalue weighted by Gasteiger charge is 2.35. The molecular weight excluding hydrogens is 421 g/mol. The van der Waals surface area contributed by atoms with Crippen molar-refractivity contribution in [1.29, 1.82) is 0 Å². The number of hydrogen-bond donors (Lipinski definition) is 1. The average Bonchev–Trinajstić information content (AvgIpc) is 2.78. The molecule has 0 saturated heterocycles. The summed E-state index contributed by atoms with van der Waals surface area (Å²) in [5.74, 6) is -1.08. The summed E-state index contributed by atoms with van der Waals surface area (Å²) in [6.45, 7) is 0.278. The molecule has 0 radical (unpaired) electrons. The highest BCUT2D eigenvalue weighted by molar-refractivity contribution is 6.01. The van der Waals surface area contributed by atoms with E-state index in [0.29, 0.717) is 17.7 Å². The van der Waals surface area contributed by atoms with Crippen LogP contribution in [0.5, 0.6) is 5.75 Å². The molecule has 8 heteroatoms. The Morgan fingerprint density at radius 3 is 2.16 bits per heavy atom. The molecule has 3 aromatic carbocycles. The molecule has 32 heavy (non-hydrogen) atoms. The van der Waals surface area contributed by atoms with Crippen LogP contribution in [0.3, 0.4) is 0 Å². The van der Waals surface area contributed by atoms with Crippen molar-refractivity contribution < 1.29 is 27.5 Å². The van der Waals surface area contributed by atoms with Crippen molar-refractivity contribution in [2.45, 2.75) is 25.4 Å². The van der Waals surface area contributed by atoms with Crippen molar-refractivity contribution in [1.82, 2.24) is 4.90 Å². The lowest BCUT2D eigenvalue weighted by Gasteiger charge is -2.36.